The van der Waals surface area contributed by atoms with Crippen LogP contribution in [0, 0.1) is 13.8 Å². The lowest BCUT2D eigenvalue weighted by molar-refractivity contribution is -0.120. The molecule has 0 saturated heterocycles. The molecule has 0 fully saturated rings. The first kappa shape index (κ1) is 15.4. The van der Waals surface area contributed by atoms with Crippen molar-refractivity contribution in [3.05, 3.63) is 33.7 Å². The average Bonchev–Trinajstić information content (AvgIpc) is 2.99. The van der Waals surface area contributed by atoms with E-state index in [1.807, 2.05) is 4.90 Å². The van der Waals surface area contributed by atoms with E-state index < -0.39 is 6.85 Å². The van der Waals surface area contributed by atoms with Crippen LogP contribution in [0.15, 0.2) is 6.20 Å². The van der Waals surface area contributed by atoms with Gasteiger partial charge >= 0.3 is 0 Å². The number of rotatable bonds is 5. The van der Waals surface area contributed by atoms with E-state index >= 15 is 0 Å². The molecule has 27 heavy (non-hydrogen) atoms. The maximum absolute atomic E-state index is 12.0. The topological polar surface area (TPSA) is 106 Å². The molecular formula is C18H23ClN6O2. The van der Waals surface area contributed by atoms with E-state index in [-0.39, 0.29) is 40.7 Å². The van der Waals surface area contributed by atoms with Crippen LogP contribution in [0.2, 0.25) is 5.15 Å². The molecule has 0 radical (unpaired) electrons. The average molecular weight is 394 g/mol. The second kappa shape index (κ2) is 7.56. The van der Waals surface area contributed by atoms with Gasteiger partial charge < -0.3 is 20.7 Å². The molecule has 144 valence electrons. The number of nitrogen functional groups attached to an aromatic ring is 1. The van der Waals surface area contributed by atoms with Gasteiger partial charge in [-0.15, -0.1) is 0 Å². The van der Waals surface area contributed by atoms with Gasteiger partial charge in [0.25, 0.3) is 0 Å². The summed E-state index contributed by atoms with van der Waals surface area (Å²) >= 11 is 6.33. The summed E-state index contributed by atoms with van der Waals surface area (Å²) in [6.45, 7) is 0.199. The standard InChI is InChI=1S/C18H23ClN6O2/c1-9-6-22-12(10(2)15(9)27-4)8-25-7-11(5-13(26)21-3)14-16(19)23-18(20)24-17(14)25/h6,11H,5,7-8H2,1-4H3,(H,21,26)(H2,20,23,24)/t11-/m0/s1/i1D3. The van der Waals surface area contributed by atoms with Crippen molar-refractivity contribution in [3.8, 4) is 5.75 Å². The molecule has 1 aliphatic heterocycles. The number of amides is 1. The number of anilines is 2. The molecule has 2 aromatic heterocycles. The fraction of sp³-hybridized carbons (Fsp3) is 0.444. The number of hydrogen-bond donors (Lipinski definition) is 2. The first-order chi connectivity index (χ1) is 14.1. The number of nitrogens with one attached hydrogen (secondary N) is 1. The van der Waals surface area contributed by atoms with Crippen LogP contribution in [0.1, 0.15) is 38.8 Å². The predicted molar refractivity (Wildman–Crippen MR) is 104 cm³/mol. The highest BCUT2D eigenvalue weighted by Gasteiger charge is 2.35. The summed E-state index contributed by atoms with van der Waals surface area (Å²) in [6, 6.07) is 0. The first-order valence-electron chi connectivity index (χ1n) is 9.88. The molecule has 0 aromatic carbocycles. The van der Waals surface area contributed by atoms with Crippen LogP contribution in [0.3, 0.4) is 0 Å². The molecule has 0 saturated carbocycles. The predicted octanol–water partition coefficient (Wildman–Crippen LogP) is 1.97. The summed E-state index contributed by atoms with van der Waals surface area (Å²) in [5.74, 6) is 0.517. The highest BCUT2D eigenvalue weighted by atomic mass is 35.5. The third-order valence-electron chi connectivity index (χ3n) is 4.67. The second-order valence-corrected chi connectivity index (χ2v) is 6.70. The number of carbonyl (C=O) groups excluding carboxylic acids is 1. The summed E-state index contributed by atoms with van der Waals surface area (Å²) in [6.07, 6.45) is 1.54. The normalized spacial score (nSPS) is 17.7. The molecular weight excluding hydrogens is 368 g/mol. The number of methoxy groups -OCH3 is 1. The zero-order chi connectivity index (χ0) is 22.2. The van der Waals surface area contributed by atoms with Crippen molar-refractivity contribution in [2.45, 2.75) is 32.7 Å². The Kier molecular flexibility index (Phi) is 4.32. The Balaban J connectivity index is 1.99. The number of aromatic nitrogens is 3. The van der Waals surface area contributed by atoms with E-state index in [0.29, 0.717) is 35.7 Å². The zero-order valence-corrected chi connectivity index (χ0v) is 16.1. The lowest BCUT2D eigenvalue weighted by Crippen LogP contribution is -2.26. The highest BCUT2D eigenvalue weighted by Crippen LogP contribution is 2.41. The van der Waals surface area contributed by atoms with Gasteiger partial charge in [-0.3, -0.25) is 9.78 Å². The van der Waals surface area contributed by atoms with Crippen molar-refractivity contribution in [2.75, 3.05) is 31.3 Å². The minimum atomic E-state index is -2.34. The molecule has 2 aromatic rings. The molecule has 0 bridgehead atoms. The summed E-state index contributed by atoms with van der Waals surface area (Å²) in [7, 11) is 3.00. The quantitative estimate of drug-likeness (QED) is 0.748. The fourth-order valence-corrected chi connectivity index (χ4v) is 3.67. The van der Waals surface area contributed by atoms with Crippen LogP contribution >= 0.6 is 11.6 Å². The van der Waals surface area contributed by atoms with Crippen molar-refractivity contribution in [3.63, 3.8) is 0 Å². The molecule has 3 rings (SSSR count). The Morgan fingerprint density at radius 1 is 1.56 bits per heavy atom. The molecule has 3 N–H and O–H groups in total. The summed E-state index contributed by atoms with van der Waals surface area (Å²) in [5, 5.41) is 2.83. The van der Waals surface area contributed by atoms with E-state index in [0.717, 1.165) is 0 Å². The van der Waals surface area contributed by atoms with Crippen molar-refractivity contribution < 1.29 is 13.6 Å². The minimum absolute atomic E-state index is 0.0318. The van der Waals surface area contributed by atoms with Gasteiger partial charge in [0, 0.05) is 52.9 Å². The number of fused-ring (bicyclic) bond motifs is 1. The van der Waals surface area contributed by atoms with Gasteiger partial charge in [-0.2, -0.15) is 4.98 Å². The number of aryl methyl sites for hydroxylation is 1. The minimum Gasteiger partial charge on any atom is -0.496 e. The summed E-state index contributed by atoms with van der Waals surface area (Å²) in [4.78, 5) is 26.6. The molecule has 1 amide bonds. The van der Waals surface area contributed by atoms with Crippen LogP contribution in [-0.4, -0.2) is 41.6 Å². The van der Waals surface area contributed by atoms with E-state index in [1.165, 1.54) is 13.3 Å². The molecule has 8 nitrogen and oxygen atoms in total. The van der Waals surface area contributed by atoms with E-state index in [9.17, 15) is 4.79 Å². The number of carbonyl (C=O) groups is 1. The Bertz CT molecular complexity index is 985. The van der Waals surface area contributed by atoms with Gasteiger partial charge in [-0.25, -0.2) is 4.98 Å². The number of nitrogens with zero attached hydrogens (tertiary/aromatic N) is 4. The fourth-order valence-electron chi connectivity index (χ4n) is 3.35. The van der Waals surface area contributed by atoms with Crippen LogP contribution in [0.5, 0.6) is 5.75 Å². The first-order valence-corrected chi connectivity index (χ1v) is 8.76. The molecule has 0 unspecified atom stereocenters. The number of nitrogens with two attached hydrogens (primary N) is 1. The van der Waals surface area contributed by atoms with Crippen LogP contribution in [-0.2, 0) is 11.3 Å². The molecule has 9 heteroatoms. The largest absolute Gasteiger partial charge is 0.496 e. The number of pyridine rings is 1. The smallest absolute Gasteiger partial charge is 0.223 e. The highest BCUT2D eigenvalue weighted by molar-refractivity contribution is 6.30. The van der Waals surface area contributed by atoms with Gasteiger partial charge in [-0.1, -0.05) is 11.6 Å². The Hall–Kier alpha value is -2.61. The van der Waals surface area contributed by atoms with Crippen LogP contribution < -0.4 is 20.7 Å². The zero-order valence-electron chi connectivity index (χ0n) is 18.3. The summed E-state index contributed by atoms with van der Waals surface area (Å²) in [5.41, 5.74) is 7.76. The SMILES string of the molecule is [2H]C([2H])([2H])c1cnc(CN2C[C@H](CC(=O)NC)c3c(Cl)nc(N)nc32)c(C)c1OC. The van der Waals surface area contributed by atoms with Gasteiger partial charge in [0.05, 0.1) is 19.3 Å². The molecule has 0 aliphatic carbocycles. The number of hydrogen-bond acceptors (Lipinski definition) is 7. The van der Waals surface area contributed by atoms with Crippen molar-refractivity contribution in [1.82, 2.24) is 20.3 Å². The van der Waals surface area contributed by atoms with E-state index in [4.69, 9.17) is 26.2 Å². The molecule has 3 heterocycles. The second-order valence-electron chi connectivity index (χ2n) is 6.34. The van der Waals surface area contributed by atoms with Crippen LogP contribution in [0.4, 0.5) is 11.8 Å². The van der Waals surface area contributed by atoms with Gasteiger partial charge in [0.1, 0.15) is 16.7 Å². The third-order valence-corrected chi connectivity index (χ3v) is 4.96. The van der Waals surface area contributed by atoms with E-state index in [2.05, 4.69) is 20.3 Å². The molecule has 1 atom stereocenters. The monoisotopic (exact) mass is 393 g/mol. The maximum Gasteiger partial charge on any atom is 0.223 e. The number of halogens is 1. The molecule has 1 aliphatic rings. The van der Waals surface area contributed by atoms with Gasteiger partial charge in [0.2, 0.25) is 11.9 Å². The van der Waals surface area contributed by atoms with Crippen molar-refractivity contribution in [1.29, 1.82) is 0 Å². The molecule has 0 spiro atoms. The van der Waals surface area contributed by atoms with Crippen molar-refractivity contribution in [2.24, 2.45) is 0 Å². The Morgan fingerprint density at radius 3 is 3.00 bits per heavy atom. The van der Waals surface area contributed by atoms with Crippen LogP contribution in [0.25, 0.3) is 0 Å². The third kappa shape index (κ3) is 3.62. The number of ether oxygens (including phenoxy) is 1. The lowest BCUT2D eigenvalue weighted by Gasteiger charge is -2.21. The maximum atomic E-state index is 12.0. The van der Waals surface area contributed by atoms with Gasteiger partial charge in [-0.05, 0) is 13.8 Å². The lowest BCUT2D eigenvalue weighted by atomic mass is 10.0. The Labute approximate surface area is 167 Å². The van der Waals surface area contributed by atoms with E-state index in [1.54, 1.807) is 14.0 Å². The van der Waals surface area contributed by atoms with Crippen molar-refractivity contribution >= 4 is 29.3 Å². The van der Waals surface area contributed by atoms with Gasteiger partial charge in [0.15, 0.2) is 0 Å². The Morgan fingerprint density at radius 2 is 2.33 bits per heavy atom. The summed E-state index contributed by atoms with van der Waals surface area (Å²) < 4.78 is 28.4.